The van der Waals surface area contributed by atoms with Crippen molar-refractivity contribution in [3.8, 4) is 6.07 Å². The monoisotopic (exact) mass is 229 g/mol. The van der Waals surface area contributed by atoms with Crippen LogP contribution in [0.3, 0.4) is 0 Å². The number of aryl methyl sites for hydroxylation is 1. The second kappa shape index (κ2) is 4.11. The fourth-order valence-electron chi connectivity index (χ4n) is 2.10. The van der Waals surface area contributed by atoms with E-state index in [4.69, 9.17) is 10.6 Å². The molecule has 3 N–H and O–H groups in total. The van der Waals surface area contributed by atoms with Gasteiger partial charge in [-0.15, -0.1) is 5.48 Å². The molecule has 1 aliphatic heterocycles. The molecule has 1 unspecified atom stereocenters. The molecule has 0 fully saturated rings. The molecule has 1 heterocycles. The van der Waals surface area contributed by atoms with Crippen molar-refractivity contribution in [3.05, 3.63) is 46.8 Å². The van der Waals surface area contributed by atoms with E-state index in [2.05, 4.69) is 11.5 Å². The largest absolute Gasteiger partial charge is 0.389 e. The number of nitrogens with zero attached hydrogens (tertiary/aromatic N) is 1. The van der Waals surface area contributed by atoms with E-state index in [9.17, 15) is 5.26 Å². The smallest absolute Gasteiger partial charge is 0.225 e. The number of benzene rings is 1. The summed E-state index contributed by atoms with van der Waals surface area (Å²) in [6.07, 6.45) is 0.694. The second-order valence-electron chi connectivity index (χ2n) is 4.18. The third-order valence-corrected chi connectivity index (χ3v) is 3.19. The van der Waals surface area contributed by atoms with Crippen LogP contribution in [0, 0.1) is 18.3 Å². The minimum absolute atomic E-state index is 0.162. The molecule has 0 spiro atoms. The highest BCUT2D eigenvalue weighted by Crippen LogP contribution is 2.37. The van der Waals surface area contributed by atoms with Crippen molar-refractivity contribution in [2.45, 2.75) is 25.8 Å². The number of nitrogens with one attached hydrogen (secondary N) is 1. The summed E-state index contributed by atoms with van der Waals surface area (Å²) in [5.41, 5.74) is 10.6. The summed E-state index contributed by atoms with van der Waals surface area (Å²) in [6, 6.07) is 10.1. The Labute approximate surface area is 101 Å². The average molecular weight is 229 g/mol. The Morgan fingerprint density at radius 2 is 2.06 bits per heavy atom. The first-order valence-corrected chi connectivity index (χ1v) is 5.55. The first kappa shape index (κ1) is 11.5. The predicted octanol–water partition coefficient (Wildman–Crippen LogP) is 1.83. The van der Waals surface area contributed by atoms with Crippen LogP contribution < -0.4 is 11.2 Å². The van der Waals surface area contributed by atoms with Crippen molar-refractivity contribution < 1.29 is 4.84 Å². The van der Waals surface area contributed by atoms with Crippen LogP contribution in [0.4, 0.5) is 0 Å². The Hall–Kier alpha value is -1.99. The lowest BCUT2D eigenvalue weighted by atomic mass is 9.82. The molecule has 17 heavy (non-hydrogen) atoms. The Kier molecular flexibility index (Phi) is 2.78. The molecule has 2 rings (SSSR count). The molecule has 1 atom stereocenters. The van der Waals surface area contributed by atoms with E-state index in [1.807, 2.05) is 38.1 Å². The maximum Gasteiger partial charge on any atom is 0.225 e. The van der Waals surface area contributed by atoms with Gasteiger partial charge in [0, 0.05) is 0 Å². The highest BCUT2D eigenvalue weighted by Gasteiger charge is 2.43. The van der Waals surface area contributed by atoms with Crippen molar-refractivity contribution in [1.29, 1.82) is 5.26 Å². The summed E-state index contributed by atoms with van der Waals surface area (Å²) in [4.78, 5) is 5.13. The third kappa shape index (κ3) is 1.65. The average Bonchev–Trinajstić information content (AvgIpc) is 2.67. The predicted molar refractivity (Wildman–Crippen MR) is 64.2 cm³/mol. The van der Waals surface area contributed by atoms with Crippen LogP contribution >= 0.6 is 0 Å². The van der Waals surface area contributed by atoms with Crippen LogP contribution in [-0.2, 0) is 10.4 Å². The first-order valence-electron chi connectivity index (χ1n) is 5.55. The maximum atomic E-state index is 9.21. The zero-order valence-corrected chi connectivity index (χ0v) is 9.95. The molecule has 0 saturated carbocycles. The second-order valence-corrected chi connectivity index (χ2v) is 4.18. The van der Waals surface area contributed by atoms with Crippen LogP contribution in [0.15, 0.2) is 35.7 Å². The molecule has 88 valence electrons. The molecule has 0 radical (unpaired) electrons. The van der Waals surface area contributed by atoms with Gasteiger partial charge >= 0.3 is 0 Å². The lowest BCUT2D eigenvalue weighted by Gasteiger charge is -2.26. The molecular formula is C13H15N3O. The number of hydroxylamine groups is 1. The van der Waals surface area contributed by atoms with E-state index in [-0.39, 0.29) is 5.88 Å². The van der Waals surface area contributed by atoms with E-state index >= 15 is 0 Å². The minimum Gasteiger partial charge on any atom is -0.389 e. The van der Waals surface area contributed by atoms with E-state index in [1.54, 1.807) is 0 Å². The standard InChI is InChI=1S/C13H15N3O/c1-3-13(10-6-4-9(2)5-7-10)11(8-14)12(15)17-16-13/h4-7,16H,3,15H2,1-2H3. The molecule has 0 bridgehead atoms. The molecule has 4 heteroatoms. The van der Waals surface area contributed by atoms with Crippen LogP contribution in [0.5, 0.6) is 0 Å². The topological polar surface area (TPSA) is 71.1 Å². The van der Waals surface area contributed by atoms with Crippen molar-refractivity contribution in [3.63, 3.8) is 0 Å². The van der Waals surface area contributed by atoms with Crippen LogP contribution in [0.25, 0.3) is 0 Å². The van der Waals surface area contributed by atoms with Gasteiger partial charge < -0.3 is 10.6 Å². The fourth-order valence-corrected chi connectivity index (χ4v) is 2.10. The number of hydrogen-bond acceptors (Lipinski definition) is 4. The van der Waals surface area contributed by atoms with Crippen molar-refractivity contribution in [2.75, 3.05) is 0 Å². The van der Waals surface area contributed by atoms with Gasteiger partial charge in [-0.2, -0.15) is 5.26 Å². The van der Waals surface area contributed by atoms with E-state index in [0.717, 1.165) is 5.56 Å². The van der Waals surface area contributed by atoms with Gasteiger partial charge in [0.25, 0.3) is 0 Å². The van der Waals surface area contributed by atoms with E-state index in [1.165, 1.54) is 5.56 Å². The Bertz CT molecular complexity index is 498. The number of nitrogens with two attached hydrogens (primary N) is 1. The quantitative estimate of drug-likeness (QED) is 0.811. The van der Waals surface area contributed by atoms with Gasteiger partial charge in [-0.1, -0.05) is 36.8 Å². The van der Waals surface area contributed by atoms with Gasteiger partial charge in [0.2, 0.25) is 5.88 Å². The van der Waals surface area contributed by atoms with Gasteiger partial charge in [0.05, 0.1) is 0 Å². The van der Waals surface area contributed by atoms with Gasteiger partial charge in [0.15, 0.2) is 0 Å². The van der Waals surface area contributed by atoms with Crippen LogP contribution in [-0.4, -0.2) is 0 Å². The molecular weight excluding hydrogens is 214 g/mol. The fraction of sp³-hybridized carbons (Fsp3) is 0.308. The number of rotatable bonds is 2. The molecule has 0 amide bonds. The van der Waals surface area contributed by atoms with Crippen molar-refractivity contribution in [1.82, 2.24) is 5.48 Å². The highest BCUT2D eigenvalue weighted by molar-refractivity contribution is 5.45. The van der Waals surface area contributed by atoms with Gasteiger partial charge in [-0.05, 0) is 18.9 Å². The summed E-state index contributed by atoms with van der Waals surface area (Å²) in [5, 5.41) is 9.21. The number of hydrogen-bond donors (Lipinski definition) is 2. The molecule has 1 aromatic carbocycles. The summed E-state index contributed by atoms with van der Waals surface area (Å²) in [5.74, 6) is 0.162. The zero-order chi connectivity index (χ0) is 12.5. The molecule has 1 aliphatic rings. The molecule has 0 saturated heterocycles. The molecule has 1 aromatic rings. The number of nitriles is 1. The Balaban J connectivity index is 2.54. The Morgan fingerprint density at radius 1 is 1.41 bits per heavy atom. The molecule has 0 aromatic heterocycles. The van der Waals surface area contributed by atoms with E-state index in [0.29, 0.717) is 12.0 Å². The highest BCUT2D eigenvalue weighted by atomic mass is 16.7. The first-order chi connectivity index (χ1) is 8.14. The Morgan fingerprint density at radius 3 is 2.59 bits per heavy atom. The van der Waals surface area contributed by atoms with Crippen molar-refractivity contribution in [2.24, 2.45) is 5.73 Å². The molecule has 0 aliphatic carbocycles. The maximum absolute atomic E-state index is 9.21. The van der Waals surface area contributed by atoms with Crippen LogP contribution in [0.2, 0.25) is 0 Å². The summed E-state index contributed by atoms with van der Waals surface area (Å²) < 4.78 is 0. The zero-order valence-electron chi connectivity index (χ0n) is 9.95. The van der Waals surface area contributed by atoms with E-state index < -0.39 is 5.54 Å². The summed E-state index contributed by atoms with van der Waals surface area (Å²) in [7, 11) is 0. The molecule has 4 nitrogen and oxygen atoms in total. The summed E-state index contributed by atoms with van der Waals surface area (Å²) >= 11 is 0. The SMILES string of the molecule is CCC1(c2ccc(C)cc2)NOC(N)=C1C#N. The van der Waals surface area contributed by atoms with Gasteiger partial charge in [-0.3, -0.25) is 0 Å². The minimum atomic E-state index is -0.619. The lowest BCUT2D eigenvalue weighted by Crippen LogP contribution is -2.38. The van der Waals surface area contributed by atoms with Gasteiger partial charge in [0.1, 0.15) is 17.2 Å². The van der Waals surface area contributed by atoms with Crippen LogP contribution in [0.1, 0.15) is 24.5 Å². The van der Waals surface area contributed by atoms with Gasteiger partial charge in [-0.25, -0.2) is 0 Å². The normalized spacial score (nSPS) is 23.4. The summed E-state index contributed by atoms with van der Waals surface area (Å²) in [6.45, 7) is 4.02. The van der Waals surface area contributed by atoms with Crippen molar-refractivity contribution >= 4 is 0 Å². The third-order valence-electron chi connectivity index (χ3n) is 3.19. The lowest BCUT2D eigenvalue weighted by molar-refractivity contribution is 0.0734.